The molecule has 6 heteroatoms. The van der Waals surface area contributed by atoms with E-state index < -0.39 is 0 Å². The van der Waals surface area contributed by atoms with Crippen molar-refractivity contribution in [3.63, 3.8) is 0 Å². The van der Waals surface area contributed by atoms with Crippen molar-refractivity contribution in [1.82, 2.24) is 15.3 Å². The maximum Gasteiger partial charge on any atom is 0.270 e. The minimum atomic E-state index is -0.241. The quantitative estimate of drug-likeness (QED) is 0.650. The number of carbonyl (C=O) groups is 1. The summed E-state index contributed by atoms with van der Waals surface area (Å²) in [6.45, 7) is 0.794. The second-order valence-electron chi connectivity index (χ2n) is 5.19. The van der Waals surface area contributed by atoms with Gasteiger partial charge in [-0.05, 0) is 36.4 Å². The van der Waals surface area contributed by atoms with Gasteiger partial charge in [-0.15, -0.1) is 0 Å². The van der Waals surface area contributed by atoms with Crippen molar-refractivity contribution in [2.45, 2.75) is 0 Å². The predicted octanol–water partition coefficient (Wildman–Crippen LogP) is 3.03. The number of ether oxygens (including phenoxy) is 1. The summed E-state index contributed by atoms with van der Waals surface area (Å²) in [5.74, 6) is 1.13. The van der Waals surface area contributed by atoms with Crippen LogP contribution in [0.4, 0.5) is 11.5 Å². The minimum absolute atomic E-state index is 0.241. The topological polar surface area (TPSA) is 76.1 Å². The number of hydrogen-bond donors (Lipinski definition) is 2. The highest BCUT2D eigenvalue weighted by molar-refractivity contribution is 5.92. The van der Waals surface area contributed by atoms with Gasteiger partial charge in [0.25, 0.3) is 5.91 Å². The van der Waals surface area contributed by atoms with E-state index in [9.17, 15) is 4.79 Å². The molecule has 2 aromatic heterocycles. The zero-order chi connectivity index (χ0) is 17.3. The molecule has 0 unspecified atom stereocenters. The molecular weight excluding hydrogens is 316 g/mol. The van der Waals surface area contributed by atoms with Gasteiger partial charge in [-0.1, -0.05) is 24.3 Å². The van der Waals surface area contributed by atoms with Crippen molar-refractivity contribution in [2.24, 2.45) is 0 Å². The molecular formula is C19H18N4O2. The lowest BCUT2D eigenvalue weighted by molar-refractivity contribution is 0.0942. The third kappa shape index (κ3) is 5.04. The third-order valence-corrected chi connectivity index (χ3v) is 3.33. The molecule has 0 bridgehead atoms. The summed E-state index contributed by atoms with van der Waals surface area (Å²) in [6.07, 6.45) is 3.37. The van der Waals surface area contributed by atoms with Crippen LogP contribution in [0.25, 0.3) is 0 Å². The summed E-state index contributed by atoms with van der Waals surface area (Å²) in [4.78, 5) is 20.5. The molecule has 0 spiro atoms. The summed E-state index contributed by atoms with van der Waals surface area (Å²) in [5.41, 5.74) is 1.20. The molecule has 0 aliphatic carbocycles. The fraction of sp³-hybridized carbons (Fsp3) is 0.105. The average Bonchev–Trinajstić information content (AvgIpc) is 2.67. The van der Waals surface area contributed by atoms with Crippen LogP contribution in [0.5, 0.6) is 5.75 Å². The Morgan fingerprint density at radius 2 is 1.76 bits per heavy atom. The lowest BCUT2D eigenvalue weighted by Gasteiger charge is -2.09. The van der Waals surface area contributed by atoms with Gasteiger partial charge < -0.3 is 15.4 Å². The van der Waals surface area contributed by atoms with Crippen molar-refractivity contribution in [3.8, 4) is 5.75 Å². The SMILES string of the molecule is O=C(NCCOc1ccccc1)c1cccc(Nc2ccncc2)n1. The van der Waals surface area contributed by atoms with Gasteiger partial charge in [-0.3, -0.25) is 9.78 Å². The normalized spacial score (nSPS) is 10.1. The highest BCUT2D eigenvalue weighted by Crippen LogP contribution is 2.13. The maximum atomic E-state index is 12.2. The van der Waals surface area contributed by atoms with Crippen LogP contribution >= 0.6 is 0 Å². The molecule has 3 aromatic rings. The largest absolute Gasteiger partial charge is 0.492 e. The lowest BCUT2D eigenvalue weighted by atomic mass is 10.3. The molecule has 1 amide bonds. The molecule has 1 aromatic carbocycles. The number of benzene rings is 1. The van der Waals surface area contributed by atoms with Gasteiger partial charge in [0.2, 0.25) is 0 Å². The van der Waals surface area contributed by atoms with Crippen LogP contribution in [0.2, 0.25) is 0 Å². The van der Waals surface area contributed by atoms with E-state index >= 15 is 0 Å². The molecule has 0 aliphatic rings. The summed E-state index contributed by atoms with van der Waals surface area (Å²) in [7, 11) is 0. The standard InChI is InChI=1S/C19H18N4O2/c24-19(21-13-14-25-16-5-2-1-3-6-16)17-7-4-8-18(23-17)22-15-9-11-20-12-10-15/h1-12H,13-14H2,(H,21,24)(H,20,22,23). The molecule has 2 N–H and O–H groups in total. The number of nitrogens with zero attached hydrogens (tertiary/aromatic N) is 2. The van der Waals surface area contributed by atoms with E-state index in [0.29, 0.717) is 24.7 Å². The third-order valence-electron chi connectivity index (χ3n) is 3.33. The Bertz CT molecular complexity index is 810. The number of nitrogens with one attached hydrogen (secondary N) is 2. The second-order valence-corrected chi connectivity index (χ2v) is 5.19. The van der Waals surface area contributed by atoms with Gasteiger partial charge >= 0.3 is 0 Å². The first-order chi connectivity index (χ1) is 12.3. The van der Waals surface area contributed by atoms with Crippen molar-refractivity contribution < 1.29 is 9.53 Å². The van der Waals surface area contributed by atoms with E-state index in [0.717, 1.165) is 11.4 Å². The van der Waals surface area contributed by atoms with Crippen LogP contribution in [-0.4, -0.2) is 29.0 Å². The molecule has 0 fully saturated rings. The van der Waals surface area contributed by atoms with Crippen molar-refractivity contribution in [1.29, 1.82) is 0 Å². The number of carbonyl (C=O) groups excluding carboxylic acids is 1. The van der Waals surface area contributed by atoms with Gasteiger partial charge in [-0.25, -0.2) is 4.98 Å². The Morgan fingerprint density at radius 3 is 2.56 bits per heavy atom. The van der Waals surface area contributed by atoms with Crippen LogP contribution in [0.1, 0.15) is 10.5 Å². The first-order valence-electron chi connectivity index (χ1n) is 7.91. The number of rotatable bonds is 7. The number of amides is 1. The molecule has 6 nitrogen and oxygen atoms in total. The molecule has 3 rings (SSSR count). The number of anilines is 2. The van der Waals surface area contributed by atoms with E-state index in [1.165, 1.54) is 0 Å². The Hall–Kier alpha value is -3.41. The number of hydrogen-bond acceptors (Lipinski definition) is 5. The molecule has 126 valence electrons. The highest BCUT2D eigenvalue weighted by Gasteiger charge is 2.07. The Balaban J connectivity index is 1.51. The molecule has 0 saturated heterocycles. The van der Waals surface area contributed by atoms with Crippen molar-refractivity contribution in [3.05, 3.63) is 78.8 Å². The van der Waals surface area contributed by atoms with Gasteiger partial charge in [0.15, 0.2) is 0 Å². The molecule has 0 atom stereocenters. The zero-order valence-electron chi connectivity index (χ0n) is 13.6. The van der Waals surface area contributed by atoms with E-state index in [-0.39, 0.29) is 5.91 Å². The fourth-order valence-electron chi connectivity index (χ4n) is 2.15. The van der Waals surface area contributed by atoms with E-state index in [1.807, 2.05) is 42.5 Å². The predicted molar refractivity (Wildman–Crippen MR) is 96.0 cm³/mol. The summed E-state index contributed by atoms with van der Waals surface area (Å²) >= 11 is 0. The number of aromatic nitrogens is 2. The first-order valence-corrected chi connectivity index (χ1v) is 7.91. The fourth-order valence-corrected chi connectivity index (χ4v) is 2.15. The summed E-state index contributed by atoms with van der Waals surface area (Å²) in [6, 6.07) is 18.4. The number of para-hydroxylation sites is 1. The van der Waals surface area contributed by atoms with E-state index in [1.54, 1.807) is 30.6 Å². The Morgan fingerprint density at radius 1 is 0.960 bits per heavy atom. The van der Waals surface area contributed by atoms with Gasteiger partial charge in [0.05, 0.1) is 6.54 Å². The Labute approximate surface area is 145 Å². The molecule has 0 aliphatic heterocycles. The van der Waals surface area contributed by atoms with Crippen LogP contribution < -0.4 is 15.4 Å². The Kier molecular flexibility index (Phi) is 5.56. The van der Waals surface area contributed by atoms with Crippen molar-refractivity contribution in [2.75, 3.05) is 18.5 Å². The van der Waals surface area contributed by atoms with Gasteiger partial charge in [0.1, 0.15) is 23.9 Å². The van der Waals surface area contributed by atoms with Crippen molar-refractivity contribution >= 4 is 17.4 Å². The van der Waals surface area contributed by atoms with E-state index in [4.69, 9.17) is 4.74 Å². The second kappa shape index (κ2) is 8.44. The molecule has 0 radical (unpaired) electrons. The number of pyridine rings is 2. The van der Waals surface area contributed by atoms with Crippen LogP contribution in [-0.2, 0) is 0 Å². The monoisotopic (exact) mass is 334 g/mol. The smallest absolute Gasteiger partial charge is 0.270 e. The van der Waals surface area contributed by atoms with Crippen LogP contribution in [0.15, 0.2) is 73.1 Å². The maximum absolute atomic E-state index is 12.2. The minimum Gasteiger partial charge on any atom is -0.492 e. The van der Waals surface area contributed by atoms with Gasteiger partial charge in [-0.2, -0.15) is 0 Å². The van der Waals surface area contributed by atoms with E-state index in [2.05, 4.69) is 20.6 Å². The molecule has 0 saturated carbocycles. The zero-order valence-corrected chi connectivity index (χ0v) is 13.6. The molecule has 2 heterocycles. The first kappa shape index (κ1) is 16.4. The molecule has 25 heavy (non-hydrogen) atoms. The van der Waals surface area contributed by atoms with Gasteiger partial charge in [0, 0.05) is 18.1 Å². The van der Waals surface area contributed by atoms with Crippen LogP contribution in [0.3, 0.4) is 0 Å². The summed E-state index contributed by atoms with van der Waals surface area (Å²) in [5, 5.41) is 5.93. The lowest BCUT2D eigenvalue weighted by Crippen LogP contribution is -2.28. The average molecular weight is 334 g/mol. The summed E-state index contributed by atoms with van der Waals surface area (Å²) < 4.78 is 5.54. The highest BCUT2D eigenvalue weighted by atomic mass is 16.5. The van der Waals surface area contributed by atoms with Crippen LogP contribution in [0, 0.1) is 0 Å².